The van der Waals surface area contributed by atoms with Gasteiger partial charge in [0.1, 0.15) is 0 Å². The van der Waals surface area contributed by atoms with Gasteiger partial charge in [-0.1, -0.05) is 23.7 Å². The van der Waals surface area contributed by atoms with E-state index in [1.165, 1.54) is 7.11 Å². The van der Waals surface area contributed by atoms with Crippen molar-refractivity contribution in [2.24, 2.45) is 5.92 Å². The first-order valence-electron chi connectivity index (χ1n) is 5.88. The van der Waals surface area contributed by atoms with Crippen molar-refractivity contribution in [2.75, 3.05) is 14.2 Å². The van der Waals surface area contributed by atoms with E-state index in [1.54, 1.807) is 30.1 Å². The van der Waals surface area contributed by atoms with Gasteiger partial charge in [-0.05, 0) is 17.7 Å². The number of benzene rings is 1. The summed E-state index contributed by atoms with van der Waals surface area (Å²) in [6.07, 6.45) is 0.170. The predicted octanol–water partition coefficient (Wildman–Crippen LogP) is 1.54. The second-order valence-corrected chi connectivity index (χ2v) is 4.92. The van der Waals surface area contributed by atoms with Crippen LogP contribution in [0.4, 0.5) is 0 Å². The first kappa shape index (κ1) is 13.8. The number of carbonyl (C=O) groups excluding carboxylic acids is 2. The largest absolute Gasteiger partial charge is 0.338 e. The molecule has 0 saturated carbocycles. The fourth-order valence-electron chi connectivity index (χ4n) is 2.43. The molecule has 2 rings (SSSR count). The smallest absolute Gasteiger partial charge is 0.249 e. The van der Waals surface area contributed by atoms with Gasteiger partial charge in [0.25, 0.3) is 0 Å². The average molecular weight is 283 g/mol. The summed E-state index contributed by atoms with van der Waals surface area (Å²) < 4.78 is 0. The minimum Gasteiger partial charge on any atom is -0.338 e. The lowest BCUT2D eigenvalue weighted by Gasteiger charge is -2.24. The summed E-state index contributed by atoms with van der Waals surface area (Å²) in [5.41, 5.74) is 3.14. The molecule has 0 bridgehead atoms. The van der Waals surface area contributed by atoms with Crippen LogP contribution in [0, 0.1) is 5.92 Å². The van der Waals surface area contributed by atoms with Crippen molar-refractivity contribution in [3.63, 3.8) is 0 Å². The molecule has 1 fully saturated rings. The van der Waals surface area contributed by atoms with Crippen molar-refractivity contribution in [3.8, 4) is 0 Å². The van der Waals surface area contributed by atoms with Crippen LogP contribution in [0.2, 0.25) is 5.02 Å². The fraction of sp³-hybridized carbons (Fsp3) is 0.385. The summed E-state index contributed by atoms with van der Waals surface area (Å²) in [5.74, 6) is -0.845. The lowest BCUT2D eigenvalue weighted by Crippen LogP contribution is -2.33. The Hall–Kier alpha value is -1.59. The molecule has 2 amide bonds. The third-order valence-corrected chi connectivity index (χ3v) is 3.55. The summed E-state index contributed by atoms with van der Waals surface area (Å²) in [5, 5.41) is 0.580. The van der Waals surface area contributed by atoms with E-state index in [1.807, 2.05) is 6.07 Å². The lowest BCUT2D eigenvalue weighted by molar-refractivity contribution is -0.136. The molecule has 6 heteroatoms. The van der Waals surface area contributed by atoms with Gasteiger partial charge < -0.3 is 4.90 Å². The van der Waals surface area contributed by atoms with Crippen LogP contribution >= 0.6 is 11.6 Å². The number of nitrogens with one attached hydrogen (secondary N) is 1. The summed E-state index contributed by atoms with van der Waals surface area (Å²) in [7, 11) is 3.06. The zero-order valence-electron chi connectivity index (χ0n) is 10.7. The van der Waals surface area contributed by atoms with E-state index in [4.69, 9.17) is 11.6 Å². The van der Waals surface area contributed by atoms with E-state index >= 15 is 0 Å². The highest BCUT2D eigenvalue weighted by Crippen LogP contribution is 2.37. The Bertz CT molecular complexity index is 506. The second kappa shape index (κ2) is 5.59. The van der Waals surface area contributed by atoms with Crippen molar-refractivity contribution < 1.29 is 14.4 Å². The van der Waals surface area contributed by atoms with Crippen molar-refractivity contribution in [1.82, 2.24) is 10.4 Å². The molecule has 5 nitrogen and oxygen atoms in total. The van der Waals surface area contributed by atoms with Gasteiger partial charge in [0.05, 0.1) is 19.1 Å². The van der Waals surface area contributed by atoms with Crippen molar-refractivity contribution in [2.45, 2.75) is 12.5 Å². The molecule has 0 spiro atoms. The summed E-state index contributed by atoms with van der Waals surface area (Å²) in [4.78, 5) is 30.0. The second-order valence-electron chi connectivity index (χ2n) is 4.49. The highest BCUT2D eigenvalue weighted by molar-refractivity contribution is 6.30. The number of hydrogen-bond donors (Lipinski definition) is 1. The molecule has 0 radical (unpaired) electrons. The van der Waals surface area contributed by atoms with E-state index in [2.05, 4.69) is 10.3 Å². The quantitative estimate of drug-likeness (QED) is 0.856. The number of hydrogen-bond acceptors (Lipinski definition) is 3. The number of hydroxylamine groups is 1. The summed E-state index contributed by atoms with van der Waals surface area (Å²) >= 11 is 5.97. The standard InChI is InChI=1S/C13H15ClN2O3/c1-16-11(17)7-10(13(18)15-19-2)12(16)8-4-3-5-9(14)6-8/h3-6,10,12H,7H2,1-2H3,(H,15,18)/t10-,12+/m0/s1. The predicted molar refractivity (Wildman–Crippen MR) is 70.2 cm³/mol. The molecule has 0 aromatic heterocycles. The van der Waals surface area contributed by atoms with Crippen molar-refractivity contribution >= 4 is 23.4 Å². The van der Waals surface area contributed by atoms with Gasteiger partial charge >= 0.3 is 0 Å². The molecule has 1 aliphatic rings. The number of carbonyl (C=O) groups is 2. The maximum atomic E-state index is 12.0. The third kappa shape index (κ3) is 2.72. The van der Waals surface area contributed by atoms with Gasteiger partial charge in [0.15, 0.2) is 0 Å². The highest BCUT2D eigenvalue weighted by atomic mass is 35.5. The Kier molecular flexibility index (Phi) is 4.07. The maximum absolute atomic E-state index is 12.0. The Morgan fingerprint density at radius 3 is 2.89 bits per heavy atom. The SMILES string of the molecule is CONC(=O)[C@H]1CC(=O)N(C)[C@@H]1c1cccc(Cl)c1. The van der Waals surface area contributed by atoms with Crippen LogP contribution in [0.5, 0.6) is 0 Å². The Morgan fingerprint density at radius 1 is 1.53 bits per heavy atom. The number of halogens is 1. The molecule has 1 aliphatic heterocycles. The zero-order valence-corrected chi connectivity index (χ0v) is 11.5. The minimum absolute atomic E-state index is 0.0683. The molecule has 0 unspecified atom stereocenters. The molecule has 19 heavy (non-hydrogen) atoms. The molecule has 2 atom stereocenters. The van der Waals surface area contributed by atoms with Gasteiger partial charge in [0, 0.05) is 18.5 Å². The van der Waals surface area contributed by atoms with Crippen molar-refractivity contribution in [3.05, 3.63) is 34.9 Å². The van der Waals surface area contributed by atoms with Gasteiger partial charge in [-0.2, -0.15) is 0 Å². The van der Waals surface area contributed by atoms with Crippen LogP contribution in [0.25, 0.3) is 0 Å². The topological polar surface area (TPSA) is 58.6 Å². The van der Waals surface area contributed by atoms with Gasteiger partial charge in [-0.25, -0.2) is 5.48 Å². The first-order chi connectivity index (χ1) is 9.04. The van der Waals surface area contributed by atoms with E-state index in [0.29, 0.717) is 5.02 Å². The number of rotatable bonds is 3. The molecule has 1 heterocycles. The van der Waals surface area contributed by atoms with Gasteiger partial charge in [-0.15, -0.1) is 0 Å². The first-order valence-corrected chi connectivity index (χ1v) is 6.26. The van der Waals surface area contributed by atoms with Crippen LogP contribution < -0.4 is 5.48 Å². The molecule has 102 valence electrons. The summed E-state index contributed by atoms with van der Waals surface area (Å²) in [6.45, 7) is 0. The van der Waals surface area contributed by atoms with Crippen LogP contribution in [0.1, 0.15) is 18.0 Å². The van der Waals surface area contributed by atoms with Crippen molar-refractivity contribution in [1.29, 1.82) is 0 Å². The lowest BCUT2D eigenvalue weighted by atomic mass is 9.93. The molecular formula is C13H15ClN2O3. The molecule has 1 aromatic carbocycles. The van der Waals surface area contributed by atoms with Gasteiger partial charge in [0.2, 0.25) is 11.8 Å². The van der Waals surface area contributed by atoms with Crippen LogP contribution in [-0.4, -0.2) is 30.9 Å². The zero-order chi connectivity index (χ0) is 14.0. The normalized spacial score (nSPS) is 22.7. The molecule has 1 N–H and O–H groups in total. The number of nitrogens with zero attached hydrogens (tertiary/aromatic N) is 1. The minimum atomic E-state index is -0.476. The van der Waals surface area contributed by atoms with Crippen LogP contribution in [0.3, 0.4) is 0 Å². The molecular weight excluding hydrogens is 268 g/mol. The molecule has 0 aliphatic carbocycles. The Morgan fingerprint density at radius 2 is 2.26 bits per heavy atom. The van der Waals surface area contributed by atoms with Gasteiger partial charge in [-0.3, -0.25) is 14.4 Å². The average Bonchev–Trinajstić information content (AvgIpc) is 2.66. The van der Waals surface area contributed by atoms with E-state index < -0.39 is 5.92 Å². The molecule has 1 aromatic rings. The summed E-state index contributed by atoms with van der Waals surface area (Å²) in [6, 6.07) is 6.88. The number of likely N-dealkylation sites (tertiary alicyclic amines) is 1. The fourth-order valence-corrected chi connectivity index (χ4v) is 2.63. The molecule has 1 saturated heterocycles. The maximum Gasteiger partial charge on any atom is 0.249 e. The highest BCUT2D eigenvalue weighted by Gasteiger charge is 2.42. The van der Waals surface area contributed by atoms with E-state index in [9.17, 15) is 9.59 Å². The van der Waals surface area contributed by atoms with Crippen LogP contribution in [0.15, 0.2) is 24.3 Å². The van der Waals surface area contributed by atoms with E-state index in [0.717, 1.165) is 5.56 Å². The van der Waals surface area contributed by atoms with E-state index in [-0.39, 0.29) is 24.3 Å². The monoisotopic (exact) mass is 282 g/mol. The van der Waals surface area contributed by atoms with Crippen LogP contribution in [-0.2, 0) is 14.4 Å². The third-order valence-electron chi connectivity index (χ3n) is 3.32. The Balaban J connectivity index is 2.33. The Labute approximate surface area is 116 Å². The number of amides is 2.